The number of carbonyl (C=O) groups is 7. The molecule has 21 heteroatoms. The molecule has 2 aromatic carbocycles. The molecule has 3 aliphatic heterocycles. The van der Waals surface area contributed by atoms with Crippen molar-refractivity contribution in [2.75, 3.05) is 29.5 Å². The maximum atomic E-state index is 15.3. The molecule has 3 N–H and O–H groups in total. The van der Waals surface area contributed by atoms with Crippen molar-refractivity contribution in [3.8, 4) is 11.8 Å². The highest BCUT2D eigenvalue weighted by Crippen LogP contribution is 2.42. The summed E-state index contributed by atoms with van der Waals surface area (Å²) >= 11 is 5.47. The van der Waals surface area contributed by atoms with Gasteiger partial charge in [0.1, 0.15) is 22.9 Å². The lowest BCUT2D eigenvalue weighted by atomic mass is 10.0. The smallest absolute Gasteiger partial charge is 0.420 e. The zero-order valence-corrected chi connectivity index (χ0v) is 34.0. The fourth-order valence-corrected chi connectivity index (χ4v) is 7.78. The van der Waals surface area contributed by atoms with Crippen LogP contribution < -0.4 is 30.5 Å². The third-order valence-corrected chi connectivity index (χ3v) is 10.7. The minimum Gasteiger partial charge on any atom is -0.483 e. The summed E-state index contributed by atoms with van der Waals surface area (Å²) in [4.78, 5) is 95.7. The van der Waals surface area contributed by atoms with Gasteiger partial charge in [-0.25, -0.2) is 4.39 Å². The molecular weight excluding hydrogens is 841 g/mol. The van der Waals surface area contributed by atoms with E-state index in [2.05, 4.69) is 20.9 Å². The number of halogens is 4. The number of anilines is 2. The van der Waals surface area contributed by atoms with E-state index < -0.39 is 82.4 Å². The van der Waals surface area contributed by atoms with Gasteiger partial charge < -0.3 is 20.3 Å². The molecule has 7 amide bonds. The number of aromatic nitrogens is 1. The number of ether oxygens (including phenoxy) is 1. The van der Waals surface area contributed by atoms with Gasteiger partial charge in [0.2, 0.25) is 17.7 Å². The Labute approximate surface area is 356 Å². The Kier molecular flexibility index (Phi) is 13.0. The van der Waals surface area contributed by atoms with Gasteiger partial charge in [-0.1, -0.05) is 6.07 Å². The van der Waals surface area contributed by atoms with E-state index in [9.17, 15) is 46.7 Å². The van der Waals surface area contributed by atoms with Crippen LogP contribution in [-0.2, 0) is 36.6 Å². The second-order valence-electron chi connectivity index (χ2n) is 14.9. The highest BCUT2D eigenvalue weighted by Gasteiger charge is 2.52. The molecule has 2 saturated heterocycles. The van der Waals surface area contributed by atoms with E-state index >= 15 is 4.39 Å². The van der Waals surface area contributed by atoms with Crippen molar-refractivity contribution in [2.45, 2.75) is 76.6 Å². The highest BCUT2D eigenvalue weighted by molar-refractivity contribution is 7.81. The Balaban J connectivity index is 0.902. The van der Waals surface area contributed by atoms with Crippen LogP contribution in [0.2, 0.25) is 0 Å². The van der Waals surface area contributed by atoms with Crippen LogP contribution in [0, 0.1) is 17.1 Å². The Morgan fingerprint density at radius 3 is 2.35 bits per heavy atom. The number of nitrogens with one attached hydrogen (secondary N) is 3. The number of aryl methyl sites for hydroxylation is 1. The number of hydrogen-bond donors (Lipinski definition) is 3. The quantitative estimate of drug-likeness (QED) is 0.0861. The zero-order valence-electron chi connectivity index (χ0n) is 33.2. The molecule has 0 spiro atoms. The molecule has 1 unspecified atom stereocenters. The Bertz CT molecular complexity index is 2420. The summed E-state index contributed by atoms with van der Waals surface area (Å²) in [5, 5.41) is 16.5. The van der Waals surface area contributed by atoms with Gasteiger partial charge in [0.15, 0.2) is 17.5 Å². The van der Waals surface area contributed by atoms with Crippen LogP contribution in [0.15, 0.2) is 48.7 Å². The number of imide groups is 2. The molecule has 0 radical (unpaired) electrons. The van der Waals surface area contributed by atoms with Crippen LogP contribution >= 0.6 is 12.2 Å². The molecule has 324 valence electrons. The molecule has 3 aliphatic rings. The number of fused-ring (bicyclic) bond motifs is 1. The second-order valence-corrected chi connectivity index (χ2v) is 15.3. The van der Waals surface area contributed by atoms with Crippen LogP contribution in [0.1, 0.15) is 89.9 Å². The lowest BCUT2D eigenvalue weighted by Crippen LogP contribution is -2.54. The first-order valence-electron chi connectivity index (χ1n) is 19.3. The summed E-state index contributed by atoms with van der Waals surface area (Å²) < 4.78 is 61.9. The average molecular weight is 879 g/mol. The van der Waals surface area contributed by atoms with E-state index in [1.165, 1.54) is 49.2 Å². The average Bonchev–Trinajstić information content (AvgIpc) is 3.57. The zero-order chi connectivity index (χ0) is 45.1. The van der Waals surface area contributed by atoms with Crippen molar-refractivity contribution in [3.63, 3.8) is 0 Å². The number of thiocarbonyl (C=S) groups is 1. The van der Waals surface area contributed by atoms with Crippen LogP contribution in [0.4, 0.5) is 28.9 Å². The van der Waals surface area contributed by atoms with Gasteiger partial charge in [0, 0.05) is 31.6 Å². The van der Waals surface area contributed by atoms with Gasteiger partial charge in [-0.2, -0.15) is 18.4 Å². The maximum absolute atomic E-state index is 15.3. The molecule has 4 heterocycles. The highest BCUT2D eigenvalue weighted by atomic mass is 32.1. The first kappa shape index (κ1) is 44.7. The minimum atomic E-state index is -5.21. The number of amides is 7. The number of nitriles is 1. The molecular formula is C41H38F4N8O8S. The first-order chi connectivity index (χ1) is 29.4. The molecule has 1 atom stereocenters. The lowest BCUT2D eigenvalue weighted by Gasteiger charge is -2.29. The third kappa shape index (κ3) is 8.95. The number of carbonyl (C=O) groups excluding carboxylic acids is 7. The van der Waals surface area contributed by atoms with Crippen LogP contribution in [0.3, 0.4) is 0 Å². The number of unbranched alkanes of at least 4 members (excludes halogenated alkanes) is 1. The molecule has 62 heavy (non-hydrogen) atoms. The summed E-state index contributed by atoms with van der Waals surface area (Å²) in [5.74, 6) is -5.98. The predicted molar refractivity (Wildman–Crippen MR) is 214 cm³/mol. The largest absolute Gasteiger partial charge is 0.483 e. The van der Waals surface area contributed by atoms with Crippen LogP contribution in [-0.4, -0.2) is 87.6 Å². The molecule has 0 saturated carbocycles. The SMILES string of the molecule is CC1(C)C(=O)N(c2ccc(C#N)c(C(F)(F)F)c2F)C(=S)N1c1ccc(CCCC(=O)NCCCCNC(=O)COc2cccc3c2C(=O)N(C2CCC(=O)NC2=O)C3=O)nc1. The lowest BCUT2D eigenvalue weighted by molar-refractivity contribution is -0.140. The summed E-state index contributed by atoms with van der Waals surface area (Å²) in [7, 11) is 0. The monoisotopic (exact) mass is 878 g/mol. The van der Waals surface area contributed by atoms with Crippen LogP contribution in [0.25, 0.3) is 0 Å². The third-order valence-electron chi connectivity index (χ3n) is 10.4. The van der Waals surface area contributed by atoms with Crippen molar-refractivity contribution in [3.05, 3.63) is 82.4 Å². The number of piperidine rings is 1. The summed E-state index contributed by atoms with van der Waals surface area (Å²) in [6.45, 7) is 3.11. The minimum absolute atomic E-state index is 0.00187. The number of alkyl halides is 3. The van der Waals surface area contributed by atoms with Gasteiger partial charge in [-0.05, 0) is 94.6 Å². The molecule has 2 fully saturated rings. The number of pyridine rings is 1. The molecule has 6 rings (SSSR count). The fraction of sp³-hybridized carbons (Fsp3) is 0.366. The van der Waals surface area contributed by atoms with Crippen molar-refractivity contribution in [1.29, 1.82) is 5.26 Å². The Hall–Kier alpha value is -6.82. The molecule has 3 aromatic rings. The summed E-state index contributed by atoms with van der Waals surface area (Å²) in [6.07, 6.45) is -1.72. The standard InChI is InChI=1S/C41H38F4N8O8S/c1-40(2)38(60)52(26-14-11-22(19-46)33(34(26)42)41(43,44)45)39(62)53(40)24-13-12-23(49-20-24)7-5-10-29(54)47-17-3-4-18-48-31(56)21-61-28-9-6-8-25-32(28)37(59)51(36(25)58)27-15-16-30(55)50-35(27)57/h6,8-9,11-14,20,27H,3-5,7,10,15-18,21H2,1-2H3,(H,47,54)(H,48,56)(H,50,55,57). The van der Waals surface area contributed by atoms with E-state index in [1.54, 1.807) is 12.1 Å². The van der Waals surface area contributed by atoms with E-state index in [4.69, 9.17) is 22.2 Å². The Morgan fingerprint density at radius 2 is 1.71 bits per heavy atom. The van der Waals surface area contributed by atoms with Crippen molar-refractivity contribution >= 4 is 70.1 Å². The number of rotatable bonds is 15. The van der Waals surface area contributed by atoms with Crippen LogP contribution in [0.5, 0.6) is 5.75 Å². The van der Waals surface area contributed by atoms with Crippen molar-refractivity contribution in [1.82, 2.24) is 25.8 Å². The number of hydrogen-bond acceptors (Lipinski definition) is 11. The number of benzene rings is 2. The molecule has 0 bridgehead atoms. The molecule has 1 aromatic heterocycles. The van der Waals surface area contributed by atoms with E-state index in [0.717, 1.165) is 17.0 Å². The molecule has 16 nitrogen and oxygen atoms in total. The van der Waals surface area contributed by atoms with Gasteiger partial charge in [-0.15, -0.1) is 0 Å². The van der Waals surface area contributed by atoms with Gasteiger partial charge in [0.05, 0.1) is 40.3 Å². The van der Waals surface area contributed by atoms with E-state index in [-0.39, 0.29) is 53.7 Å². The summed E-state index contributed by atoms with van der Waals surface area (Å²) in [5.41, 5.74) is -4.05. The second kappa shape index (κ2) is 18.0. The van der Waals surface area contributed by atoms with Gasteiger partial charge in [-0.3, -0.25) is 53.7 Å². The normalized spacial score (nSPS) is 17.2. The number of nitrogens with zero attached hydrogens (tertiary/aromatic N) is 5. The molecule has 0 aliphatic carbocycles. The van der Waals surface area contributed by atoms with E-state index in [1.807, 2.05) is 0 Å². The topological polar surface area (TPSA) is 211 Å². The van der Waals surface area contributed by atoms with E-state index in [0.29, 0.717) is 48.5 Å². The first-order valence-corrected chi connectivity index (χ1v) is 19.7. The van der Waals surface area contributed by atoms with Gasteiger partial charge >= 0.3 is 6.18 Å². The Morgan fingerprint density at radius 1 is 1.00 bits per heavy atom. The fourth-order valence-electron chi connectivity index (χ4n) is 7.27. The van der Waals surface area contributed by atoms with Gasteiger partial charge in [0.25, 0.3) is 23.6 Å². The maximum Gasteiger partial charge on any atom is 0.420 e. The van der Waals surface area contributed by atoms with Crippen molar-refractivity contribution < 1.29 is 55.9 Å². The summed E-state index contributed by atoms with van der Waals surface area (Å²) in [6, 6.07) is 9.44. The predicted octanol–water partition coefficient (Wildman–Crippen LogP) is 3.84. The van der Waals surface area contributed by atoms with Crippen molar-refractivity contribution in [2.24, 2.45) is 0 Å².